The van der Waals surface area contributed by atoms with Crippen molar-refractivity contribution in [2.75, 3.05) is 13.7 Å². The molecule has 17 heteroatoms. The fraction of sp³-hybridized carbons (Fsp3) is 0.500. The van der Waals surface area contributed by atoms with Crippen molar-refractivity contribution in [1.82, 2.24) is 19.9 Å². The summed E-state index contributed by atoms with van der Waals surface area (Å²) in [5.74, 6) is -1.05. The molecule has 0 amide bonds. The number of non-ortho nitro benzene ring substituents is 1. The SMILES string of the molecule is C=C(N)c1ncn([C@@H]2O[C@H](COP(=O)(N[C@H](C(=O)OC)[C@@H](C)CC)Oc3ccc([N+](=O)[O-])cc3)[C@@H](O)[C@H]2O)n1. The summed E-state index contributed by atoms with van der Waals surface area (Å²) >= 11 is 0. The molecule has 214 valence electrons. The van der Waals surface area contributed by atoms with E-state index in [1.54, 1.807) is 6.92 Å². The van der Waals surface area contributed by atoms with Crippen molar-refractivity contribution in [3.05, 3.63) is 53.1 Å². The maximum absolute atomic E-state index is 13.9. The number of carbonyl (C=O) groups is 1. The lowest BCUT2D eigenvalue weighted by atomic mass is 10.0. The van der Waals surface area contributed by atoms with E-state index in [0.29, 0.717) is 6.42 Å². The Morgan fingerprint density at radius 2 is 2.03 bits per heavy atom. The van der Waals surface area contributed by atoms with Gasteiger partial charge in [0.25, 0.3) is 5.69 Å². The van der Waals surface area contributed by atoms with Gasteiger partial charge in [0.15, 0.2) is 12.1 Å². The molecular formula is C22H31N6O10P. The van der Waals surface area contributed by atoms with Crippen LogP contribution in [0.3, 0.4) is 0 Å². The highest BCUT2D eigenvalue weighted by atomic mass is 31.2. The van der Waals surface area contributed by atoms with Crippen molar-refractivity contribution >= 4 is 25.1 Å². The summed E-state index contributed by atoms with van der Waals surface area (Å²) in [4.78, 5) is 26.7. The van der Waals surface area contributed by atoms with E-state index in [4.69, 9.17) is 24.3 Å². The zero-order valence-electron chi connectivity index (χ0n) is 21.4. The van der Waals surface area contributed by atoms with E-state index in [0.717, 1.165) is 16.8 Å². The lowest BCUT2D eigenvalue weighted by Gasteiger charge is -2.28. The number of aliphatic hydroxyl groups is 2. The average Bonchev–Trinajstić information content (AvgIpc) is 3.51. The number of carbonyl (C=O) groups excluding carboxylic acids is 1. The maximum atomic E-state index is 13.9. The second-order valence-electron chi connectivity index (χ2n) is 8.77. The summed E-state index contributed by atoms with van der Waals surface area (Å²) in [5, 5.41) is 38.7. The summed E-state index contributed by atoms with van der Waals surface area (Å²) < 4.78 is 36.7. The van der Waals surface area contributed by atoms with E-state index >= 15 is 0 Å². The van der Waals surface area contributed by atoms with Gasteiger partial charge in [-0.3, -0.25) is 19.4 Å². The molecule has 7 atom stereocenters. The highest BCUT2D eigenvalue weighted by molar-refractivity contribution is 7.52. The molecular weight excluding hydrogens is 539 g/mol. The fourth-order valence-electron chi connectivity index (χ4n) is 3.60. The number of rotatable bonds is 13. The Labute approximate surface area is 223 Å². The number of methoxy groups -OCH3 is 1. The Morgan fingerprint density at radius 3 is 2.56 bits per heavy atom. The Kier molecular flexibility index (Phi) is 9.77. The van der Waals surface area contributed by atoms with Gasteiger partial charge in [-0.25, -0.2) is 14.2 Å². The number of aliphatic hydroxyl groups excluding tert-OH is 2. The van der Waals surface area contributed by atoms with Crippen LogP contribution < -0.4 is 15.3 Å². The number of nitrogens with zero attached hydrogens (tertiary/aromatic N) is 4. The predicted octanol–water partition coefficient (Wildman–Crippen LogP) is 1.12. The number of nitrogens with two attached hydrogens (primary N) is 1. The van der Waals surface area contributed by atoms with Gasteiger partial charge in [0.1, 0.15) is 36.4 Å². The van der Waals surface area contributed by atoms with Crippen LogP contribution in [0.5, 0.6) is 5.75 Å². The molecule has 2 heterocycles. The molecule has 5 N–H and O–H groups in total. The first-order chi connectivity index (χ1) is 18.4. The average molecular weight is 570 g/mol. The third kappa shape index (κ3) is 7.17. The van der Waals surface area contributed by atoms with Crippen LogP contribution in [-0.2, 0) is 23.4 Å². The standard InChI is InChI=1S/C22H31N6O10P/c1-5-12(2)17(22(31)35-4)26-39(34,38-15-8-6-14(7-9-15)28(32)33)36-10-16-18(29)19(30)21(37-16)27-11-24-20(25-27)13(3)23/h6-9,11-12,16-19,21,29-30H,3,5,10,23H2,1-2,4H3,(H,26,34)/t12-,16+,17-,18+,19+,21+,39?/m0/s1. The molecule has 1 aliphatic heterocycles. The number of nitro groups is 1. The van der Waals surface area contributed by atoms with Crippen LogP contribution >= 0.6 is 7.75 Å². The molecule has 0 saturated carbocycles. The summed E-state index contributed by atoms with van der Waals surface area (Å²) in [7, 11) is -3.26. The smallest absolute Gasteiger partial charge is 0.459 e. The van der Waals surface area contributed by atoms with E-state index in [-0.39, 0.29) is 28.9 Å². The quantitative estimate of drug-likeness (QED) is 0.115. The molecule has 1 unspecified atom stereocenters. The van der Waals surface area contributed by atoms with Gasteiger partial charge in [0.05, 0.1) is 24.3 Å². The van der Waals surface area contributed by atoms with Crippen LogP contribution in [0.2, 0.25) is 0 Å². The minimum atomic E-state index is -4.43. The Hall–Kier alpha value is -3.40. The summed E-state index contributed by atoms with van der Waals surface area (Å²) in [5.41, 5.74) is 5.43. The Morgan fingerprint density at radius 1 is 1.36 bits per heavy atom. The zero-order valence-corrected chi connectivity index (χ0v) is 22.3. The second kappa shape index (κ2) is 12.6. The van der Waals surface area contributed by atoms with Gasteiger partial charge < -0.3 is 29.9 Å². The van der Waals surface area contributed by atoms with Gasteiger partial charge >= 0.3 is 13.7 Å². The maximum Gasteiger partial charge on any atom is 0.459 e. The fourth-order valence-corrected chi connectivity index (χ4v) is 5.23. The molecule has 1 aliphatic rings. The van der Waals surface area contributed by atoms with Crippen LogP contribution in [0.1, 0.15) is 32.3 Å². The van der Waals surface area contributed by atoms with Crippen molar-refractivity contribution in [1.29, 1.82) is 0 Å². The molecule has 0 radical (unpaired) electrons. The van der Waals surface area contributed by atoms with Gasteiger partial charge in [-0.15, -0.1) is 5.10 Å². The predicted molar refractivity (Wildman–Crippen MR) is 135 cm³/mol. The van der Waals surface area contributed by atoms with E-state index in [2.05, 4.69) is 21.7 Å². The Bertz CT molecular complexity index is 1220. The number of nitro benzene ring substituents is 1. The van der Waals surface area contributed by atoms with E-state index in [1.807, 2.05) is 6.92 Å². The number of esters is 1. The van der Waals surface area contributed by atoms with Crippen molar-refractivity contribution < 1.29 is 43.0 Å². The number of hydrogen-bond donors (Lipinski definition) is 4. The van der Waals surface area contributed by atoms with Crippen molar-refractivity contribution in [2.45, 2.75) is 50.8 Å². The van der Waals surface area contributed by atoms with Crippen LogP contribution in [0.15, 0.2) is 37.2 Å². The lowest BCUT2D eigenvalue weighted by molar-refractivity contribution is -0.384. The number of hydrogen-bond acceptors (Lipinski definition) is 13. The molecule has 0 spiro atoms. The largest absolute Gasteiger partial charge is 0.468 e. The summed E-state index contributed by atoms with van der Waals surface area (Å²) in [6.45, 7) is 6.49. The first-order valence-corrected chi connectivity index (χ1v) is 13.3. The van der Waals surface area contributed by atoms with Crippen LogP contribution in [0.25, 0.3) is 5.70 Å². The van der Waals surface area contributed by atoms with Gasteiger partial charge in [-0.1, -0.05) is 26.8 Å². The molecule has 1 saturated heterocycles. The number of ether oxygens (including phenoxy) is 2. The van der Waals surface area contributed by atoms with Gasteiger partial charge in [0.2, 0.25) is 0 Å². The first kappa shape index (κ1) is 30.1. The number of nitrogens with one attached hydrogen (secondary N) is 1. The Balaban J connectivity index is 1.82. The van der Waals surface area contributed by atoms with Gasteiger partial charge in [-0.05, 0) is 18.1 Å². The van der Waals surface area contributed by atoms with Crippen molar-refractivity contribution in [3.63, 3.8) is 0 Å². The molecule has 16 nitrogen and oxygen atoms in total. The minimum Gasteiger partial charge on any atom is -0.468 e. The van der Waals surface area contributed by atoms with Gasteiger partial charge in [0, 0.05) is 12.1 Å². The normalized spacial score (nSPS) is 23.9. The molecule has 3 rings (SSSR count). The third-order valence-corrected chi connectivity index (χ3v) is 7.58. The van der Waals surface area contributed by atoms with Crippen LogP contribution in [-0.4, -0.2) is 73.9 Å². The third-order valence-electron chi connectivity index (χ3n) is 6.04. The minimum absolute atomic E-state index is 0.0628. The number of benzene rings is 1. The molecule has 39 heavy (non-hydrogen) atoms. The lowest BCUT2D eigenvalue weighted by Crippen LogP contribution is -2.42. The number of aromatic nitrogens is 3. The van der Waals surface area contributed by atoms with E-state index < -0.39 is 55.8 Å². The second-order valence-corrected chi connectivity index (χ2v) is 10.5. The molecule has 1 fully saturated rings. The van der Waals surface area contributed by atoms with Crippen molar-refractivity contribution in [3.8, 4) is 5.75 Å². The summed E-state index contributed by atoms with van der Waals surface area (Å²) in [6, 6.07) is 3.58. The van der Waals surface area contributed by atoms with Crippen molar-refractivity contribution in [2.24, 2.45) is 11.7 Å². The first-order valence-electron chi connectivity index (χ1n) is 11.8. The monoisotopic (exact) mass is 570 g/mol. The summed E-state index contributed by atoms with van der Waals surface area (Å²) in [6.07, 6.45) is -3.63. The molecule has 2 aromatic rings. The van der Waals surface area contributed by atoms with E-state index in [1.165, 1.54) is 25.6 Å². The highest BCUT2D eigenvalue weighted by Crippen LogP contribution is 2.47. The van der Waals surface area contributed by atoms with Gasteiger partial charge in [-0.2, -0.15) is 5.09 Å². The van der Waals surface area contributed by atoms with E-state index in [9.17, 15) is 29.7 Å². The molecule has 0 aliphatic carbocycles. The molecule has 0 bridgehead atoms. The van der Waals surface area contributed by atoms with Crippen LogP contribution in [0, 0.1) is 16.0 Å². The zero-order chi connectivity index (χ0) is 28.9. The molecule has 1 aromatic carbocycles. The van der Waals surface area contributed by atoms with Crippen LogP contribution in [0.4, 0.5) is 5.69 Å². The molecule has 1 aromatic heterocycles. The highest BCUT2D eigenvalue weighted by Gasteiger charge is 2.46. The topological polar surface area (TPSA) is 223 Å².